The van der Waals surface area contributed by atoms with Crippen LogP contribution in [0.1, 0.15) is 28.8 Å². The van der Waals surface area contributed by atoms with Crippen LogP contribution < -0.4 is 0 Å². The molecule has 8 heteroatoms. The Morgan fingerprint density at radius 2 is 2.22 bits per heavy atom. The third-order valence-corrected chi connectivity index (χ3v) is 3.22. The molecule has 4 nitrogen and oxygen atoms in total. The highest BCUT2D eigenvalue weighted by atomic mass is 32.1. The number of fused-ring (bicyclic) bond motifs is 1. The molecule has 18 heavy (non-hydrogen) atoms. The molecule has 0 radical (unpaired) electrons. The molecule has 2 rings (SSSR count). The first-order valence-corrected chi connectivity index (χ1v) is 5.95. The fraction of sp³-hybridized carbons (Fsp3) is 0.400. The zero-order valence-corrected chi connectivity index (χ0v) is 10.4. The van der Waals surface area contributed by atoms with E-state index in [1.165, 1.54) is 11.3 Å². The summed E-state index contributed by atoms with van der Waals surface area (Å²) >= 11 is 1.04. The van der Waals surface area contributed by atoms with Crippen molar-refractivity contribution >= 4 is 22.3 Å². The molecule has 0 amide bonds. The maximum Gasteiger partial charge on any atom is 0.435 e. The van der Waals surface area contributed by atoms with Crippen LogP contribution in [-0.4, -0.2) is 22.0 Å². The van der Waals surface area contributed by atoms with E-state index in [2.05, 4.69) is 9.72 Å². The molecule has 2 heterocycles. The molecule has 0 aromatic carbocycles. The molecule has 0 unspecified atom stereocenters. The molecule has 0 N–H and O–H groups in total. The van der Waals surface area contributed by atoms with E-state index in [9.17, 15) is 18.0 Å². The molecule has 0 aliphatic carbocycles. The largest absolute Gasteiger partial charge is 0.461 e. The number of rotatable bonds is 2. The van der Waals surface area contributed by atoms with Crippen LogP contribution in [0.5, 0.6) is 0 Å². The van der Waals surface area contributed by atoms with Gasteiger partial charge < -0.3 is 4.74 Å². The van der Waals surface area contributed by atoms with Crippen molar-refractivity contribution in [3.05, 3.63) is 22.5 Å². The summed E-state index contributed by atoms with van der Waals surface area (Å²) in [5.74, 6) is -1.01. The SMILES string of the molecule is CCOC(=O)c1c(C(F)(F)F)nc2scc(C)n12. The second-order valence-corrected chi connectivity index (χ2v) is 4.36. The van der Waals surface area contributed by atoms with Crippen LogP contribution in [0.3, 0.4) is 0 Å². The van der Waals surface area contributed by atoms with Crippen molar-refractivity contribution in [1.82, 2.24) is 9.38 Å². The van der Waals surface area contributed by atoms with Crippen LogP contribution in [0, 0.1) is 6.92 Å². The van der Waals surface area contributed by atoms with Gasteiger partial charge in [0.05, 0.1) is 6.61 Å². The zero-order chi connectivity index (χ0) is 13.5. The summed E-state index contributed by atoms with van der Waals surface area (Å²) in [7, 11) is 0. The number of esters is 1. The quantitative estimate of drug-likeness (QED) is 0.793. The monoisotopic (exact) mass is 278 g/mol. The Labute approximate surface area is 104 Å². The number of carbonyl (C=O) groups is 1. The summed E-state index contributed by atoms with van der Waals surface area (Å²) < 4.78 is 44.3. The molecule has 2 aromatic rings. The van der Waals surface area contributed by atoms with E-state index in [0.29, 0.717) is 5.69 Å². The molecule has 0 fully saturated rings. The number of halogens is 3. The van der Waals surface area contributed by atoms with Gasteiger partial charge in [0.2, 0.25) is 0 Å². The number of aryl methyl sites for hydroxylation is 1. The predicted octanol–water partition coefficient (Wildman–Crippen LogP) is 2.90. The minimum atomic E-state index is -4.68. The number of aromatic nitrogens is 2. The maximum atomic E-state index is 12.8. The molecule has 2 aromatic heterocycles. The van der Waals surface area contributed by atoms with Crippen molar-refractivity contribution in [3.8, 4) is 0 Å². The van der Waals surface area contributed by atoms with Crippen molar-refractivity contribution in [2.24, 2.45) is 0 Å². The van der Waals surface area contributed by atoms with Gasteiger partial charge in [-0.3, -0.25) is 4.40 Å². The lowest BCUT2D eigenvalue weighted by molar-refractivity contribution is -0.141. The van der Waals surface area contributed by atoms with E-state index in [4.69, 9.17) is 0 Å². The molecular weight excluding hydrogens is 269 g/mol. The highest BCUT2D eigenvalue weighted by Crippen LogP contribution is 2.34. The Hall–Kier alpha value is -1.57. The molecule has 0 saturated heterocycles. The number of imidazole rings is 1. The Bertz CT molecular complexity index is 600. The lowest BCUT2D eigenvalue weighted by Gasteiger charge is -2.07. The van der Waals surface area contributed by atoms with E-state index in [1.807, 2.05) is 0 Å². The lowest BCUT2D eigenvalue weighted by atomic mass is 10.3. The zero-order valence-electron chi connectivity index (χ0n) is 9.54. The third kappa shape index (κ3) is 1.96. The number of ether oxygens (including phenoxy) is 1. The Kier molecular flexibility index (Phi) is 3.05. The van der Waals surface area contributed by atoms with Gasteiger partial charge in [0.15, 0.2) is 16.3 Å². The standard InChI is InChI=1S/C10H9F3N2O2S/c1-3-17-8(16)6-7(10(11,12)13)14-9-15(6)5(2)4-18-9/h4H,3H2,1-2H3. The summed E-state index contributed by atoms with van der Waals surface area (Å²) in [5.41, 5.74) is -1.24. The minimum absolute atomic E-state index is 0.00650. The number of alkyl halides is 3. The first-order valence-electron chi connectivity index (χ1n) is 5.07. The third-order valence-electron chi connectivity index (χ3n) is 2.27. The smallest absolute Gasteiger partial charge is 0.435 e. The van der Waals surface area contributed by atoms with Crippen LogP contribution in [0.2, 0.25) is 0 Å². The van der Waals surface area contributed by atoms with Crippen LogP contribution in [-0.2, 0) is 10.9 Å². The van der Waals surface area contributed by atoms with Gasteiger partial charge in [-0.05, 0) is 13.8 Å². The van der Waals surface area contributed by atoms with Gasteiger partial charge in [-0.15, -0.1) is 11.3 Å². The molecule has 0 spiro atoms. The molecule has 0 aliphatic rings. The predicted molar refractivity (Wildman–Crippen MR) is 58.8 cm³/mol. The number of thiazole rings is 1. The van der Waals surface area contributed by atoms with Crippen molar-refractivity contribution in [1.29, 1.82) is 0 Å². The molecular formula is C10H9F3N2O2S. The van der Waals surface area contributed by atoms with Gasteiger partial charge >= 0.3 is 12.1 Å². The Balaban J connectivity index is 2.71. The first-order chi connectivity index (χ1) is 8.36. The van der Waals surface area contributed by atoms with E-state index >= 15 is 0 Å². The summed E-state index contributed by atoms with van der Waals surface area (Å²) in [5, 5.41) is 1.63. The van der Waals surface area contributed by atoms with Crippen LogP contribution in [0.25, 0.3) is 4.96 Å². The van der Waals surface area contributed by atoms with Gasteiger partial charge in [-0.2, -0.15) is 13.2 Å². The second kappa shape index (κ2) is 4.27. The number of hydrogen-bond acceptors (Lipinski definition) is 4. The van der Waals surface area contributed by atoms with Crippen molar-refractivity contribution in [2.75, 3.05) is 6.61 Å². The molecule has 0 bridgehead atoms. The van der Waals surface area contributed by atoms with Crippen LogP contribution in [0.4, 0.5) is 13.2 Å². The van der Waals surface area contributed by atoms with E-state index in [-0.39, 0.29) is 11.6 Å². The normalized spacial score (nSPS) is 12.1. The summed E-state index contributed by atoms with van der Waals surface area (Å²) in [4.78, 5) is 15.3. The number of hydrogen-bond donors (Lipinski definition) is 0. The summed E-state index contributed by atoms with van der Waals surface area (Å²) in [6.45, 7) is 3.14. The van der Waals surface area contributed by atoms with E-state index in [1.54, 1.807) is 12.3 Å². The highest BCUT2D eigenvalue weighted by molar-refractivity contribution is 7.15. The molecule has 0 aliphatic heterocycles. The van der Waals surface area contributed by atoms with Gasteiger partial charge in [0.1, 0.15) is 0 Å². The van der Waals surface area contributed by atoms with E-state index < -0.39 is 23.5 Å². The van der Waals surface area contributed by atoms with Gasteiger partial charge in [0, 0.05) is 11.1 Å². The highest BCUT2D eigenvalue weighted by Gasteiger charge is 2.41. The maximum absolute atomic E-state index is 12.8. The van der Waals surface area contributed by atoms with Gasteiger partial charge in [-0.25, -0.2) is 9.78 Å². The van der Waals surface area contributed by atoms with Crippen LogP contribution in [0.15, 0.2) is 5.38 Å². The summed E-state index contributed by atoms with van der Waals surface area (Å²) in [6, 6.07) is 0. The Morgan fingerprint density at radius 3 is 2.78 bits per heavy atom. The average Bonchev–Trinajstić information content (AvgIpc) is 2.78. The van der Waals surface area contributed by atoms with Crippen molar-refractivity contribution in [2.45, 2.75) is 20.0 Å². The number of carbonyl (C=O) groups excluding carboxylic acids is 1. The second-order valence-electron chi connectivity index (χ2n) is 3.52. The number of nitrogens with zero attached hydrogens (tertiary/aromatic N) is 2. The lowest BCUT2D eigenvalue weighted by Crippen LogP contribution is -2.16. The summed E-state index contributed by atoms with van der Waals surface area (Å²) in [6.07, 6.45) is -4.68. The van der Waals surface area contributed by atoms with Crippen molar-refractivity contribution in [3.63, 3.8) is 0 Å². The topological polar surface area (TPSA) is 43.6 Å². The Morgan fingerprint density at radius 1 is 1.56 bits per heavy atom. The average molecular weight is 278 g/mol. The molecule has 0 atom stereocenters. The van der Waals surface area contributed by atoms with Crippen molar-refractivity contribution < 1.29 is 22.7 Å². The minimum Gasteiger partial charge on any atom is -0.461 e. The van der Waals surface area contributed by atoms with Gasteiger partial charge in [-0.1, -0.05) is 0 Å². The van der Waals surface area contributed by atoms with Crippen LogP contribution >= 0.6 is 11.3 Å². The fourth-order valence-corrected chi connectivity index (χ4v) is 2.45. The fourth-order valence-electron chi connectivity index (χ4n) is 1.58. The van der Waals surface area contributed by atoms with E-state index in [0.717, 1.165) is 11.3 Å². The first kappa shape index (κ1) is 12.9. The van der Waals surface area contributed by atoms with Gasteiger partial charge in [0.25, 0.3) is 0 Å². The molecule has 0 saturated carbocycles. The molecule has 98 valence electrons.